The molecule has 4 aromatic rings. The van der Waals surface area contributed by atoms with E-state index in [2.05, 4.69) is 85.6 Å². The van der Waals surface area contributed by atoms with Crippen molar-refractivity contribution in [1.82, 2.24) is 0 Å². The predicted molar refractivity (Wildman–Crippen MR) is 235 cm³/mol. The van der Waals surface area contributed by atoms with E-state index in [-0.39, 0.29) is 62.8 Å². The van der Waals surface area contributed by atoms with Crippen LogP contribution in [0.4, 0.5) is 0 Å². The molecule has 0 radical (unpaired) electrons. The Labute approximate surface area is 344 Å². The van der Waals surface area contributed by atoms with Crippen LogP contribution in [-0.2, 0) is 28.2 Å². The Balaban J connectivity index is 0.000000595. The highest BCUT2D eigenvalue weighted by molar-refractivity contribution is 7.85. The van der Waals surface area contributed by atoms with Crippen molar-refractivity contribution in [3.63, 3.8) is 0 Å². The maximum atomic E-state index is 12.3. The zero-order valence-corrected chi connectivity index (χ0v) is 36.8. The van der Waals surface area contributed by atoms with Gasteiger partial charge in [0.15, 0.2) is 0 Å². The fourth-order valence-electron chi connectivity index (χ4n) is 6.03. The maximum absolute atomic E-state index is 12.3. The summed E-state index contributed by atoms with van der Waals surface area (Å²) in [4.78, 5) is 24.0. The van der Waals surface area contributed by atoms with Crippen LogP contribution < -0.4 is 10.4 Å². The number of carbonyl (C=O) groups excluding carboxylic acids is 2. The molecule has 8 nitrogen and oxygen atoms in total. The zero-order chi connectivity index (χ0) is 38.7. The van der Waals surface area contributed by atoms with Crippen molar-refractivity contribution in [2.45, 2.75) is 90.4 Å². The first-order chi connectivity index (χ1) is 25.2. The van der Waals surface area contributed by atoms with Crippen molar-refractivity contribution >= 4 is 67.7 Å². The number of ether oxygens (including phenoxy) is 2. The number of esters is 2. The molecular formula is C43H60O8S3Si. The Kier molecular flexibility index (Phi) is 22.5. The highest BCUT2D eigenvalue weighted by Crippen LogP contribution is 2.36. The summed E-state index contributed by atoms with van der Waals surface area (Å²) in [5, 5.41) is 2.58. The highest BCUT2D eigenvalue weighted by Gasteiger charge is 2.49. The van der Waals surface area contributed by atoms with Crippen LogP contribution in [-0.4, -0.2) is 60.4 Å². The van der Waals surface area contributed by atoms with Gasteiger partial charge in [-0.2, -0.15) is 35.4 Å². The molecule has 0 fully saturated rings. The van der Waals surface area contributed by atoms with E-state index in [0.29, 0.717) is 30.6 Å². The van der Waals surface area contributed by atoms with Crippen LogP contribution in [0.5, 0.6) is 0 Å². The maximum Gasteiger partial charge on any atom is 0.338 e. The minimum Gasteiger partial charge on any atom is -0.459 e. The predicted octanol–water partition coefficient (Wildman–Crippen LogP) is 8.58. The standard InChI is InChI=1S/C29H36O3Si.C14H20O5S.2H2S/c1-24(32-28(30)25-17-8-5-9-18-25)16-14-15-23-31-33(29(2,3)4,26-19-10-6-11-20-26)27-21-12-7-13-22-27;1-12(8-6-7-11-18-20(2,16)17)19-14(15)13-9-4-3-5-10-13;;/h5-13,17-22,24H,14-16,23H2,1-4H3;3-5,9-10,12H,6-8,11H2,1-2H3;2*1H2/t24-;12-;;/m00../s1. The molecule has 4 aromatic carbocycles. The van der Waals surface area contributed by atoms with Gasteiger partial charge in [0.25, 0.3) is 18.4 Å². The van der Waals surface area contributed by atoms with Gasteiger partial charge in [0.2, 0.25) is 0 Å². The summed E-state index contributed by atoms with van der Waals surface area (Å²) in [6, 6.07) is 39.4. The van der Waals surface area contributed by atoms with Crippen molar-refractivity contribution in [3.05, 3.63) is 132 Å². The number of rotatable bonds is 18. The van der Waals surface area contributed by atoms with Gasteiger partial charge in [0.1, 0.15) is 0 Å². The molecule has 0 aliphatic rings. The molecule has 0 amide bonds. The van der Waals surface area contributed by atoms with E-state index in [4.69, 9.17) is 13.9 Å². The first-order valence-electron chi connectivity index (χ1n) is 18.3. The summed E-state index contributed by atoms with van der Waals surface area (Å²) in [5.41, 5.74) is 1.12. The lowest BCUT2D eigenvalue weighted by Gasteiger charge is -2.43. The molecule has 55 heavy (non-hydrogen) atoms. The molecule has 12 heteroatoms. The molecule has 0 aromatic heterocycles. The minimum absolute atomic E-state index is 0. The lowest BCUT2D eigenvalue weighted by Crippen LogP contribution is -2.66. The van der Waals surface area contributed by atoms with Gasteiger partial charge in [-0.25, -0.2) is 9.59 Å². The summed E-state index contributed by atoms with van der Waals surface area (Å²) in [5.74, 6) is -0.600. The van der Waals surface area contributed by atoms with Crippen molar-refractivity contribution in [2.24, 2.45) is 0 Å². The van der Waals surface area contributed by atoms with Crippen LogP contribution in [0.15, 0.2) is 121 Å². The number of carbonyl (C=O) groups is 2. The molecule has 4 rings (SSSR count). The second kappa shape index (κ2) is 25.0. The Morgan fingerprint density at radius 1 is 0.582 bits per heavy atom. The Morgan fingerprint density at radius 2 is 0.927 bits per heavy atom. The van der Waals surface area contributed by atoms with Gasteiger partial charge < -0.3 is 13.9 Å². The van der Waals surface area contributed by atoms with Crippen LogP contribution in [0.3, 0.4) is 0 Å². The summed E-state index contributed by atoms with van der Waals surface area (Å²) in [6.07, 6.45) is 5.41. The van der Waals surface area contributed by atoms with Gasteiger partial charge in [0.05, 0.1) is 36.2 Å². The molecule has 0 saturated carbocycles. The van der Waals surface area contributed by atoms with Crippen molar-refractivity contribution < 1.29 is 36.1 Å². The molecule has 0 aliphatic carbocycles. The fourth-order valence-corrected chi connectivity index (χ4v) is 11.1. The summed E-state index contributed by atoms with van der Waals surface area (Å²) < 4.78 is 43.9. The van der Waals surface area contributed by atoms with Gasteiger partial charge in [-0.05, 0) is 92.0 Å². The third kappa shape index (κ3) is 17.1. The van der Waals surface area contributed by atoms with Crippen LogP contribution in [0.1, 0.15) is 93.9 Å². The van der Waals surface area contributed by atoms with Gasteiger partial charge in [-0.15, -0.1) is 0 Å². The normalized spacial score (nSPS) is 12.4. The first kappa shape index (κ1) is 49.6. The average Bonchev–Trinajstić information content (AvgIpc) is 3.13. The van der Waals surface area contributed by atoms with Crippen LogP contribution in [0.2, 0.25) is 5.04 Å². The highest BCUT2D eigenvalue weighted by atomic mass is 32.2. The van der Waals surface area contributed by atoms with Crippen molar-refractivity contribution in [2.75, 3.05) is 19.5 Å². The first-order valence-corrected chi connectivity index (χ1v) is 22.1. The number of hydrogen-bond acceptors (Lipinski definition) is 8. The Morgan fingerprint density at radius 3 is 1.27 bits per heavy atom. The third-order valence-electron chi connectivity index (χ3n) is 8.68. The molecule has 0 spiro atoms. The van der Waals surface area contributed by atoms with Crippen LogP contribution >= 0.6 is 27.0 Å². The van der Waals surface area contributed by atoms with Gasteiger partial charge in [-0.1, -0.05) is 118 Å². The van der Waals surface area contributed by atoms with E-state index in [0.717, 1.165) is 31.9 Å². The topological polar surface area (TPSA) is 105 Å². The molecular weight excluding hydrogens is 769 g/mol. The largest absolute Gasteiger partial charge is 0.459 e. The molecule has 0 aliphatic heterocycles. The Bertz CT molecular complexity index is 1720. The van der Waals surface area contributed by atoms with Gasteiger partial charge in [-0.3, -0.25) is 4.18 Å². The Hall–Kier alpha value is -3.39. The monoisotopic (exact) mass is 828 g/mol. The summed E-state index contributed by atoms with van der Waals surface area (Å²) in [7, 11) is -5.85. The molecule has 0 heterocycles. The van der Waals surface area contributed by atoms with Gasteiger partial charge in [0, 0.05) is 6.61 Å². The lowest BCUT2D eigenvalue weighted by molar-refractivity contribution is 0.0307. The van der Waals surface area contributed by atoms with Crippen LogP contribution in [0.25, 0.3) is 0 Å². The number of unbranched alkanes of at least 4 members (excludes halogenated alkanes) is 2. The number of benzene rings is 4. The molecule has 0 saturated heterocycles. The summed E-state index contributed by atoms with van der Waals surface area (Å²) in [6.45, 7) is 11.5. The van der Waals surface area contributed by atoms with Crippen molar-refractivity contribution in [1.29, 1.82) is 0 Å². The third-order valence-corrected chi connectivity index (χ3v) is 14.3. The van der Waals surface area contributed by atoms with Gasteiger partial charge >= 0.3 is 11.9 Å². The zero-order valence-electron chi connectivity index (χ0n) is 33.0. The minimum atomic E-state index is -3.37. The van der Waals surface area contributed by atoms with E-state index in [1.807, 2.05) is 38.1 Å². The SMILES string of the molecule is C[C@@H](CCCCOS(C)(=O)=O)OC(=O)c1ccccc1.C[C@@H](CCCCO[Si](c1ccccc1)(c1ccccc1)C(C)(C)C)OC(=O)c1ccccc1.S.S. The average molecular weight is 829 g/mol. The quantitative estimate of drug-likeness (QED) is 0.0426. The van der Waals surface area contributed by atoms with E-state index < -0.39 is 18.4 Å². The van der Waals surface area contributed by atoms with E-state index >= 15 is 0 Å². The number of hydrogen-bond donors (Lipinski definition) is 0. The molecule has 0 bridgehead atoms. The molecule has 0 N–H and O–H groups in total. The van der Waals surface area contributed by atoms with E-state index in [1.54, 1.807) is 36.4 Å². The molecule has 2 atom stereocenters. The summed E-state index contributed by atoms with van der Waals surface area (Å²) >= 11 is 0. The molecule has 0 unspecified atom stereocenters. The van der Waals surface area contributed by atoms with E-state index in [1.165, 1.54) is 10.4 Å². The van der Waals surface area contributed by atoms with Crippen LogP contribution in [0, 0.1) is 0 Å². The fraction of sp³-hybridized carbons (Fsp3) is 0.395. The second-order valence-electron chi connectivity index (χ2n) is 14.2. The lowest BCUT2D eigenvalue weighted by atomic mass is 10.2. The second-order valence-corrected chi connectivity index (χ2v) is 20.1. The van der Waals surface area contributed by atoms with E-state index in [9.17, 15) is 18.0 Å². The smallest absolute Gasteiger partial charge is 0.338 e. The molecule has 302 valence electrons. The van der Waals surface area contributed by atoms with Crippen molar-refractivity contribution in [3.8, 4) is 0 Å².